The molecule has 0 amide bonds. The summed E-state index contributed by atoms with van der Waals surface area (Å²) in [6.45, 7) is 1.62. The van der Waals surface area contributed by atoms with Gasteiger partial charge in [0.05, 0.1) is 18.1 Å². The Morgan fingerprint density at radius 2 is 1.57 bits per heavy atom. The van der Waals surface area contributed by atoms with E-state index in [4.69, 9.17) is 4.55 Å². The Labute approximate surface area is 84.1 Å². The summed E-state index contributed by atoms with van der Waals surface area (Å²) in [6.07, 6.45) is 0.257. The molecule has 0 bridgehead atoms. The summed E-state index contributed by atoms with van der Waals surface area (Å²) in [4.78, 5) is 0. The largest absolute Gasteiger partial charge is 0.286 e. The molecule has 0 heterocycles. The van der Waals surface area contributed by atoms with Crippen LogP contribution in [0.4, 0.5) is 0 Å². The first-order valence-corrected chi connectivity index (χ1v) is 7.28. The van der Waals surface area contributed by atoms with Crippen LogP contribution in [0, 0.1) is 0 Å². The lowest BCUT2D eigenvalue weighted by Gasteiger charge is -2.02. The third-order valence-corrected chi connectivity index (χ3v) is 3.53. The number of unbranched alkanes of at least 4 members (excludes halogenated alkanes) is 1. The predicted octanol–water partition coefficient (Wildman–Crippen LogP) is 0.0207. The van der Waals surface area contributed by atoms with Crippen LogP contribution in [0.5, 0.6) is 0 Å². The van der Waals surface area contributed by atoms with E-state index in [1.165, 1.54) is 0 Å². The fourth-order valence-electron chi connectivity index (χ4n) is 0.802. The standard InChI is InChI=1S/C6H14O6S2/c1-2-12-14(10,11)6-4-3-5-13(7,8)9/h2-6H2,1H3,(H,7,8,9). The van der Waals surface area contributed by atoms with Gasteiger partial charge < -0.3 is 0 Å². The maximum atomic E-state index is 10.9. The fraction of sp³-hybridized carbons (Fsp3) is 1.00. The average molecular weight is 246 g/mol. The van der Waals surface area contributed by atoms with Gasteiger partial charge in [-0.3, -0.25) is 8.74 Å². The average Bonchev–Trinajstić information content (AvgIpc) is 1.96. The van der Waals surface area contributed by atoms with Gasteiger partial charge >= 0.3 is 0 Å². The molecule has 0 aliphatic carbocycles. The molecular formula is C6H14O6S2. The van der Waals surface area contributed by atoms with Crippen molar-refractivity contribution in [3.63, 3.8) is 0 Å². The van der Waals surface area contributed by atoms with Crippen molar-refractivity contribution in [3.05, 3.63) is 0 Å². The Bertz CT molecular complexity index is 341. The molecule has 0 aromatic carbocycles. The first kappa shape index (κ1) is 13.8. The van der Waals surface area contributed by atoms with Crippen molar-refractivity contribution in [2.45, 2.75) is 19.8 Å². The Morgan fingerprint density at radius 1 is 1.07 bits per heavy atom. The number of rotatable bonds is 7. The Hall–Kier alpha value is -0.180. The van der Waals surface area contributed by atoms with Crippen molar-refractivity contribution >= 4 is 20.2 Å². The minimum atomic E-state index is -3.99. The van der Waals surface area contributed by atoms with Crippen molar-refractivity contribution in [2.24, 2.45) is 0 Å². The van der Waals surface area contributed by atoms with Crippen LogP contribution in [0.1, 0.15) is 19.8 Å². The van der Waals surface area contributed by atoms with Crippen LogP contribution >= 0.6 is 0 Å². The first-order valence-electron chi connectivity index (χ1n) is 4.09. The van der Waals surface area contributed by atoms with Crippen LogP contribution in [-0.4, -0.2) is 39.5 Å². The Balaban J connectivity index is 3.76. The van der Waals surface area contributed by atoms with Crippen molar-refractivity contribution in [1.82, 2.24) is 0 Å². The van der Waals surface area contributed by atoms with Crippen molar-refractivity contribution < 1.29 is 25.6 Å². The van der Waals surface area contributed by atoms with Crippen LogP contribution in [-0.2, 0) is 24.4 Å². The van der Waals surface area contributed by atoms with E-state index in [1.54, 1.807) is 6.92 Å². The fourth-order valence-corrected chi connectivity index (χ4v) is 2.41. The summed E-state index contributed by atoms with van der Waals surface area (Å²) in [5.74, 6) is -0.648. The van der Waals surface area contributed by atoms with Gasteiger partial charge in [-0.15, -0.1) is 0 Å². The second kappa shape index (κ2) is 5.64. The monoisotopic (exact) mass is 246 g/mol. The number of hydrogen-bond acceptors (Lipinski definition) is 5. The van der Waals surface area contributed by atoms with Crippen LogP contribution in [0.25, 0.3) is 0 Å². The molecule has 86 valence electrons. The van der Waals surface area contributed by atoms with Gasteiger partial charge in [0.2, 0.25) is 0 Å². The summed E-state index contributed by atoms with van der Waals surface area (Å²) < 4.78 is 55.1. The minimum Gasteiger partial charge on any atom is -0.286 e. The molecule has 0 saturated heterocycles. The Kier molecular flexibility index (Phi) is 5.57. The molecule has 6 nitrogen and oxygen atoms in total. The summed E-state index contributed by atoms with van der Waals surface area (Å²) >= 11 is 0. The molecule has 0 fully saturated rings. The molecule has 14 heavy (non-hydrogen) atoms. The highest BCUT2D eigenvalue weighted by atomic mass is 32.2. The molecule has 1 N–H and O–H groups in total. The van der Waals surface area contributed by atoms with E-state index in [2.05, 4.69) is 4.18 Å². The van der Waals surface area contributed by atoms with Crippen LogP contribution in [0.3, 0.4) is 0 Å². The maximum absolute atomic E-state index is 10.9. The van der Waals surface area contributed by atoms with Crippen molar-refractivity contribution in [2.75, 3.05) is 18.1 Å². The van der Waals surface area contributed by atoms with Crippen molar-refractivity contribution in [3.8, 4) is 0 Å². The van der Waals surface area contributed by atoms with Gasteiger partial charge in [-0.1, -0.05) is 0 Å². The third kappa shape index (κ3) is 8.42. The highest BCUT2D eigenvalue weighted by molar-refractivity contribution is 7.86. The van der Waals surface area contributed by atoms with Gasteiger partial charge in [-0.25, -0.2) is 0 Å². The molecule has 0 radical (unpaired) electrons. The van der Waals surface area contributed by atoms with E-state index >= 15 is 0 Å². The number of hydrogen-bond donors (Lipinski definition) is 1. The maximum Gasteiger partial charge on any atom is 0.267 e. The van der Waals surface area contributed by atoms with E-state index in [1.807, 2.05) is 0 Å². The summed E-state index contributed by atoms with van der Waals surface area (Å²) in [5, 5.41) is 0. The van der Waals surface area contributed by atoms with Gasteiger partial charge in [0, 0.05) is 0 Å². The molecule has 0 rings (SSSR count). The van der Waals surface area contributed by atoms with E-state index in [9.17, 15) is 16.8 Å². The molecular weight excluding hydrogens is 232 g/mol. The van der Waals surface area contributed by atoms with Gasteiger partial charge in [-0.2, -0.15) is 16.8 Å². The van der Waals surface area contributed by atoms with E-state index in [0.717, 1.165) is 0 Å². The molecule has 8 heteroatoms. The summed E-state index contributed by atoms with van der Waals surface area (Å²) in [7, 11) is -7.52. The molecule has 0 spiro atoms. The summed E-state index contributed by atoms with van der Waals surface area (Å²) in [6, 6.07) is 0. The second-order valence-corrected chi connectivity index (χ2v) is 5.99. The molecule has 0 unspecified atom stereocenters. The second-order valence-electron chi connectivity index (χ2n) is 2.66. The van der Waals surface area contributed by atoms with Crippen LogP contribution < -0.4 is 0 Å². The van der Waals surface area contributed by atoms with Gasteiger partial charge in [-0.05, 0) is 19.8 Å². The van der Waals surface area contributed by atoms with Crippen LogP contribution in [0.15, 0.2) is 0 Å². The molecule has 0 saturated carbocycles. The molecule has 0 atom stereocenters. The molecule has 0 aliphatic heterocycles. The van der Waals surface area contributed by atoms with Gasteiger partial charge in [0.15, 0.2) is 0 Å². The van der Waals surface area contributed by atoms with Gasteiger partial charge in [0.1, 0.15) is 0 Å². The zero-order valence-electron chi connectivity index (χ0n) is 7.84. The van der Waals surface area contributed by atoms with E-state index < -0.39 is 26.0 Å². The molecule has 0 aromatic rings. The predicted molar refractivity (Wildman–Crippen MR) is 51.1 cm³/mol. The van der Waals surface area contributed by atoms with E-state index in [0.29, 0.717) is 0 Å². The minimum absolute atomic E-state index is 0.0701. The first-order chi connectivity index (χ1) is 6.27. The zero-order chi connectivity index (χ0) is 11.2. The lowest BCUT2D eigenvalue weighted by Crippen LogP contribution is -2.12. The smallest absolute Gasteiger partial charge is 0.267 e. The van der Waals surface area contributed by atoms with E-state index in [-0.39, 0.29) is 25.2 Å². The highest BCUT2D eigenvalue weighted by Crippen LogP contribution is 2.00. The lowest BCUT2D eigenvalue weighted by molar-refractivity contribution is 0.337. The highest BCUT2D eigenvalue weighted by Gasteiger charge is 2.11. The lowest BCUT2D eigenvalue weighted by atomic mass is 10.4. The van der Waals surface area contributed by atoms with Crippen LogP contribution in [0.2, 0.25) is 0 Å². The topological polar surface area (TPSA) is 97.7 Å². The summed E-state index contributed by atoms with van der Waals surface area (Å²) in [5.41, 5.74) is 0. The van der Waals surface area contributed by atoms with Gasteiger partial charge in [0.25, 0.3) is 20.2 Å². The molecule has 0 aromatic heterocycles. The third-order valence-electron chi connectivity index (χ3n) is 1.34. The molecule has 0 aliphatic rings. The normalized spacial score (nSPS) is 13.0. The SMILES string of the molecule is CCOS(=O)(=O)CCCCS(=O)(=O)O. The zero-order valence-corrected chi connectivity index (χ0v) is 9.47. The quantitative estimate of drug-likeness (QED) is 0.386. The van der Waals surface area contributed by atoms with Crippen molar-refractivity contribution in [1.29, 1.82) is 0 Å². The Morgan fingerprint density at radius 3 is 2.00 bits per heavy atom.